The Kier molecular flexibility index (Phi) is 6.67. The first kappa shape index (κ1) is 25.2. The SMILES string of the molecule is O=C(N[C@@H]1CC[C@@H](c2nnc([C@H]3C[C@@H](OC(F)(F)F)C3)o2)N(C(=O)O)C1)c1cnc2cc(Cl)ccc2c1. The van der Waals surface area contributed by atoms with Gasteiger partial charge < -0.3 is 14.8 Å². The van der Waals surface area contributed by atoms with Gasteiger partial charge in [0, 0.05) is 35.1 Å². The molecular weight excluding hydrogens is 519 g/mol. The number of rotatable bonds is 5. The molecule has 2 amide bonds. The van der Waals surface area contributed by atoms with E-state index in [1.807, 2.05) is 0 Å². The van der Waals surface area contributed by atoms with Crippen LogP contribution in [0.3, 0.4) is 0 Å². The third-order valence-corrected chi connectivity index (χ3v) is 6.79. The summed E-state index contributed by atoms with van der Waals surface area (Å²) in [5.74, 6) is -0.546. The number of pyridine rings is 1. The summed E-state index contributed by atoms with van der Waals surface area (Å²) < 4.78 is 46.6. The fraction of sp³-hybridized carbons (Fsp3) is 0.435. The highest BCUT2D eigenvalue weighted by atomic mass is 35.5. The second-order valence-electron chi connectivity index (χ2n) is 9.09. The number of alkyl halides is 3. The number of benzene rings is 1. The van der Waals surface area contributed by atoms with Crippen molar-refractivity contribution in [2.75, 3.05) is 6.54 Å². The fourth-order valence-electron chi connectivity index (χ4n) is 4.64. The van der Waals surface area contributed by atoms with E-state index in [0.717, 1.165) is 10.3 Å². The van der Waals surface area contributed by atoms with Crippen LogP contribution in [-0.2, 0) is 4.74 Å². The number of halogens is 4. The number of carbonyl (C=O) groups excluding carboxylic acids is 1. The lowest BCUT2D eigenvalue weighted by atomic mass is 9.82. The highest BCUT2D eigenvalue weighted by Crippen LogP contribution is 2.41. The molecule has 2 atom stereocenters. The normalized spacial score (nSPS) is 24.1. The molecule has 0 bridgehead atoms. The first-order valence-electron chi connectivity index (χ1n) is 11.5. The summed E-state index contributed by atoms with van der Waals surface area (Å²) in [6.45, 7) is -0.00893. The topological polar surface area (TPSA) is 131 Å². The molecule has 0 unspecified atom stereocenters. The van der Waals surface area contributed by atoms with Gasteiger partial charge >= 0.3 is 12.5 Å². The number of amides is 2. The van der Waals surface area contributed by atoms with E-state index in [1.165, 1.54) is 6.20 Å². The Balaban J connectivity index is 1.21. The van der Waals surface area contributed by atoms with Crippen molar-refractivity contribution in [1.82, 2.24) is 25.4 Å². The molecule has 37 heavy (non-hydrogen) atoms. The predicted octanol–water partition coefficient (Wildman–Crippen LogP) is 4.67. The molecule has 14 heteroatoms. The first-order valence-corrected chi connectivity index (χ1v) is 11.9. The Hall–Kier alpha value is -3.45. The zero-order chi connectivity index (χ0) is 26.3. The highest BCUT2D eigenvalue weighted by molar-refractivity contribution is 6.31. The molecule has 2 aliphatic rings. The van der Waals surface area contributed by atoms with Crippen LogP contribution in [0.1, 0.15) is 59.8 Å². The Morgan fingerprint density at radius 2 is 1.92 bits per heavy atom. The van der Waals surface area contributed by atoms with Crippen LogP contribution in [0.2, 0.25) is 5.02 Å². The van der Waals surface area contributed by atoms with Gasteiger partial charge in [-0.25, -0.2) is 4.79 Å². The lowest BCUT2D eigenvalue weighted by molar-refractivity contribution is -0.352. The van der Waals surface area contributed by atoms with Crippen molar-refractivity contribution < 1.29 is 37.0 Å². The van der Waals surface area contributed by atoms with Gasteiger partial charge in [0.05, 0.1) is 17.2 Å². The smallest absolute Gasteiger partial charge is 0.465 e. The molecule has 1 saturated heterocycles. The maximum Gasteiger partial charge on any atom is 0.522 e. The van der Waals surface area contributed by atoms with Crippen LogP contribution in [0, 0.1) is 0 Å². The van der Waals surface area contributed by atoms with Crippen molar-refractivity contribution >= 4 is 34.5 Å². The molecule has 0 spiro atoms. The Morgan fingerprint density at radius 3 is 2.65 bits per heavy atom. The number of carbonyl (C=O) groups is 2. The average molecular weight is 540 g/mol. The summed E-state index contributed by atoms with van der Waals surface area (Å²) in [4.78, 5) is 30.2. The summed E-state index contributed by atoms with van der Waals surface area (Å²) in [6, 6.07) is 5.62. The number of nitrogens with one attached hydrogen (secondary N) is 1. The van der Waals surface area contributed by atoms with E-state index in [-0.39, 0.29) is 43.0 Å². The Labute approximate surface area is 212 Å². The number of carboxylic acid groups (broad SMARTS) is 1. The highest BCUT2D eigenvalue weighted by Gasteiger charge is 2.43. The lowest BCUT2D eigenvalue weighted by Gasteiger charge is -2.36. The van der Waals surface area contributed by atoms with E-state index in [9.17, 15) is 27.9 Å². The van der Waals surface area contributed by atoms with Gasteiger partial charge in [0.15, 0.2) is 0 Å². The van der Waals surface area contributed by atoms with E-state index < -0.39 is 30.6 Å². The molecule has 3 aromatic rings. The van der Waals surface area contributed by atoms with Crippen molar-refractivity contribution in [3.05, 3.63) is 52.8 Å². The molecule has 10 nitrogen and oxygen atoms in total. The van der Waals surface area contributed by atoms with E-state index in [0.29, 0.717) is 28.9 Å². The largest absolute Gasteiger partial charge is 0.522 e. The molecule has 5 rings (SSSR count). The van der Waals surface area contributed by atoms with Crippen LogP contribution in [0.15, 0.2) is 34.9 Å². The third kappa shape index (κ3) is 5.62. The molecule has 1 aromatic carbocycles. The number of hydrogen-bond acceptors (Lipinski definition) is 7. The van der Waals surface area contributed by atoms with E-state index >= 15 is 0 Å². The maximum absolute atomic E-state index is 12.8. The van der Waals surface area contributed by atoms with E-state index in [2.05, 4.69) is 25.2 Å². The number of fused-ring (bicyclic) bond motifs is 1. The second kappa shape index (κ2) is 9.78. The van der Waals surface area contributed by atoms with Crippen LogP contribution >= 0.6 is 11.6 Å². The number of nitrogens with zero attached hydrogens (tertiary/aromatic N) is 4. The van der Waals surface area contributed by atoms with Crippen LogP contribution < -0.4 is 5.32 Å². The van der Waals surface area contributed by atoms with Gasteiger partial charge in [-0.15, -0.1) is 23.4 Å². The first-order chi connectivity index (χ1) is 17.6. The van der Waals surface area contributed by atoms with Gasteiger partial charge in [-0.05, 0) is 43.9 Å². The van der Waals surface area contributed by atoms with Crippen LogP contribution in [0.25, 0.3) is 10.9 Å². The average Bonchev–Trinajstić information content (AvgIpc) is 3.29. The van der Waals surface area contributed by atoms with Crippen LogP contribution in [0.5, 0.6) is 0 Å². The van der Waals surface area contributed by atoms with Crippen LogP contribution in [0.4, 0.5) is 18.0 Å². The van der Waals surface area contributed by atoms with Crippen LogP contribution in [-0.4, -0.2) is 62.2 Å². The quantitative estimate of drug-likeness (QED) is 0.478. The number of aromatic nitrogens is 3. The predicted molar refractivity (Wildman–Crippen MR) is 122 cm³/mol. The molecule has 1 aliphatic carbocycles. The molecular formula is C23H21ClF3N5O5. The van der Waals surface area contributed by atoms with E-state index in [4.69, 9.17) is 16.0 Å². The Morgan fingerprint density at radius 1 is 1.16 bits per heavy atom. The fourth-order valence-corrected chi connectivity index (χ4v) is 4.81. The minimum atomic E-state index is -4.70. The molecule has 3 heterocycles. The van der Waals surface area contributed by atoms with Crippen molar-refractivity contribution in [2.45, 2.75) is 56.2 Å². The standard InChI is InChI=1S/C23H21ClF3N5O5/c24-14-2-1-11-5-13(9-28-17(11)8-14)19(33)29-15-3-4-18(32(10-15)22(34)35)21-31-30-20(36-21)12-6-16(7-12)37-23(25,26)27/h1-2,5,8-9,12,15-16,18H,3-4,6-7,10H2,(H,29,33)(H,34,35)/t12-,15-,16+,18+/m1/s1. The summed E-state index contributed by atoms with van der Waals surface area (Å²) in [5.41, 5.74) is 0.972. The van der Waals surface area contributed by atoms with Gasteiger partial charge in [-0.1, -0.05) is 17.7 Å². The van der Waals surface area contributed by atoms with Crippen molar-refractivity contribution in [1.29, 1.82) is 0 Å². The van der Waals surface area contributed by atoms with Crippen molar-refractivity contribution in [3.8, 4) is 0 Å². The van der Waals surface area contributed by atoms with E-state index in [1.54, 1.807) is 24.3 Å². The van der Waals surface area contributed by atoms with Crippen molar-refractivity contribution in [3.63, 3.8) is 0 Å². The number of likely N-dealkylation sites (tertiary alicyclic amines) is 1. The molecule has 196 valence electrons. The number of ether oxygens (including phenoxy) is 1. The summed E-state index contributed by atoms with van der Waals surface area (Å²) in [6.07, 6.45) is -4.56. The molecule has 1 aliphatic heterocycles. The van der Waals surface area contributed by atoms with Gasteiger partial charge in [-0.3, -0.25) is 19.4 Å². The third-order valence-electron chi connectivity index (χ3n) is 6.56. The molecule has 2 fully saturated rings. The van der Waals surface area contributed by atoms with Gasteiger partial charge in [-0.2, -0.15) is 0 Å². The molecule has 1 saturated carbocycles. The second-order valence-corrected chi connectivity index (χ2v) is 9.53. The summed E-state index contributed by atoms with van der Waals surface area (Å²) >= 11 is 5.97. The zero-order valence-corrected chi connectivity index (χ0v) is 19.9. The molecule has 0 radical (unpaired) electrons. The monoisotopic (exact) mass is 539 g/mol. The summed E-state index contributed by atoms with van der Waals surface area (Å²) in [7, 11) is 0. The lowest BCUT2D eigenvalue weighted by Crippen LogP contribution is -2.50. The van der Waals surface area contributed by atoms with Gasteiger partial charge in [0.1, 0.15) is 6.04 Å². The summed E-state index contributed by atoms with van der Waals surface area (Å²) in [5, 5.41) is 21.8. The number of hydrogen-bond donors (Lipinski definition) is 2. The van der Waals surface area contributed by atoms with Crippen molar-refractivity contribution in [2.24, 2.45) is 0 Å². The van der Waals surface area contributed by atoms with Gasteiger partial charge in [0.25, 0.3) is 5.91 Å². The Bertz CT molecular complexity index is 1330. The molecule has 2 N–H and O–H groups in total. The molecule has 2 aromatic heterocycles. The van der Waals surface area contributed by atoms with Gasteiger partial charge in [0.2, 0.25) is 11.8 Å². The maximum atomic E-state index is 12.8. The minimum Gasteiger partial charge on any atom is -0.465 e. The number of piperidine rings is 1. The minimum absolute atomic E-state index is 0.00893. The zero-order valence-electron chi connectivity index (χ0n) is 19.1.